The van der Waals surface area contributed by atoms with Crippen molar-refractivity contribution >= 4 is 27.5 Å². The Balaban J connectivity index is 1.60. The molecule has 5 nitrogen and oxygen atoms in total. The molecule has 0 spiro atoms. The van der Waals surface area contributed by atoms with E-state index < -0.39 is 47.1 Å². The molecule has 0 aliphatic heterocycles. The van der Waals surface area contributed by atoms with Crippen molar-refractivity contribution in [3.63, 3.8) is 0 Å². The molecule has 1 aromatic carbocycles. The Morgan fingerprint density at radius 3 is 2.32 bits per heavy atom. The van der Waals surface area contributed by atoms with E-state index in [4.69, 9.17) is 0 Å². The van der Waals surface area contributed by atoms with Gasteiger partial charge in [0.25, 0.3) is 11.5 Å². The van der Waals surface area contributed by atoms with Crippen molar-refractivity contribution in [2.24, 2.45) is 0 Å². The molecular formula is C19H13F6N3O2S. The van der Waals surface area contributed by atoms with Crippen molar-refractivity contribution in [1.82, 2.24) is 15.3 Å². The van der Waals surface area contributed by atoms with Crippen molar-refractivity contribution in [2.45, 2.75) is 38.2 Å². The Morgan fingerprint density at radius 2 is 1.71 bits per heavy atom. The van der Waals surface area contributed by atoms with Gasteiger partial charge in [-0.2, -0.15) is 26.3 Å². The summed E-state index contributed by atoms with van der Waals surface area (Å²) in [6.45, 7) is -0.617. The number of nitrogens with zero attached hydrogens (tertiary/aromatic N) is 1. The number of amides is 1. The SMILES string of the molecule is O=C(NCc1cc(C(F)(F)F)cc(C(F)(F)F)c1)c1nc2sc3c(c2c(=O)[nH]1)CCC3. The molecule has 1 aliphatic carbocycles. The number of aromatic nitrogens is 2. The van der Waals surface area contributed by atoms with Crippen LogP contribution in [0.4, 0.5) is 26.3 Å². The van der Waals surface area contributed by atoms with Crippen LogP contribution in [-0.2, 0) is 31.7 Å². The van der Waals surface area contributed by atoms with E-state index in [1.165, 1.54) is 11.3 Å². The zero-order valence-electron chi connectivity index (χ0n) is 15.5. The Hall–Kier alpha value is -2.89. The van der Waals surface area contributed by atoms with E-state index in [-0.39, 0.29) is 11.9 Å². The molecule has 2 N–H and O–H groups in total. The number of thiophene rings is 1. The molecule has 0 atom stereocenters. The average Bonchev–Trinajstić information content (AvgIpc) is 3.25. The van der Waals surface area contributed by atoms with Crippen LogP contribution in [0.25, 0.3) is 10.2 Å². The number of aryl methyl sites for hydroxylation is 2. The lowest BCUT2D eigenvalue weighted by Crippen LogP contribution is -2.27. The monoisotopic (exact) mass is 461 g/mol. The first-order chi connectivity index (χ1) is 14.4. The van der Waals surface area contributed by atoms with Gasteiger partial charge in [-0.15, -0.1) is 11.3 Å². The summed E-state index contributed by atoms with van der Waals surface area (Å²) < 4.78 is 77.7. The summed E-state index contributed by atoms with van der Waals surface area (Å²) in [6.07, 6.45) is -7.50. The first kappa shape index (κ1) is 21.3. The minimum Gasteiger partial charge on any atom is -0.345 e. The van der Waals surface area contributed by atoms with Crippen LogP contribution in [0.2, 0.25) is 0 Å². The molecule has 2 heterocycles. The molecule has 3 aromatic rings. The predicted molar refractivity (Wildman–Crippen MR) is 99.9 cm³/mol. The van der Waals surface area contributed by atoms with E-state index in [1.807, 2.05) is 0 Å². The maximum atomic E-state index is 13.0. The molecule has 0 saturated carbocycles. The fraction of sp³-hybridized carbons (Fsp3) is 0.316. The molecule has 0 radical (unpaired) electrons. The van der Waals surface area contributed by atoms with E-state index in [2.05, 4.69) is 15.3 Å². The van der Waals surface area contributed by atoms with Crippen molar-refractivity contribution in [3.05, 3.63) is 61.5 Å². The molecule has 1 amide bonds. The normalized spacial score (nSPS) is 14.1. The maximum Gasteiger partial charge on any atom is 0.416 e. The lowest BCUT2D eigenvalue weighted by atomic mass is 10.0. The number of rotatable bonds is 3. The van der Waals surface area contributed by atoms with Crippen LogP contribution in [0.15, 0.2) is 23.0 Å². The lowest BCUT2D eigenvalue weighted by Gasteiger charge is -2.14. The van der Waals surface area contributed by atoms with Gasteiger partial charge in [0.1, 0.15) is 4.83 Å². The van der Waals surface area contributed by atoms with Gasteiger partial charge in [0.2, 0.25) is 5.82 Å². The number of fused-ring (bicyclic) bond motifs is 3. The second-order valence-corrected chi connectivity index (χ2v) is 8.13. The van der Waals surface area contributed by atoms with Gasteiger partial charge < -0.3 is 10.3 Å². The van der Waals surface area contributed by atoms with Crippen LogP contribution in [0.3, 0.4) is 0 Å². The van der Waals surface area contributed by atoms with Crippen LogP contribution in [0, 0.1) is 0 Å². The first-order valence-corrected chi connectivity index (χ1v) is 9.86. The lowest BCUT2D eigenvalue weighted by molar-refractivity contribution is -0.143. The van der Waals surface area contributed by atoms with E-state index in [1.54, 1.807) is 0 Å². The van der Waals surface area contributed by atoms with E-state index in [0.29, 0.717) is 22.3 Å². The van der Waals surface area contributed by atoms with E-state index >= 15 is 0 Å². The fourth-order valence-electron chi connectivity index (χ4n) is 3.50. The molecule has 0 unspecified atom stereocenters. The van der Waals surface area contributed by atoms with Crippen LogP contribution >= 0.6 is 11.3 Å². The Bertz CT molecular complexity index is 1210. The third-order valence-electron chi connectivity index (χ3n) is 4.89. The number of halogens is 6. The van der Waals surface area contributed by atoms with E-state index in [9.17, 15) is 35.9 Å². The number of hydrogen-bond donors (Lipinski definition) is 2. The summed E-state index contributed by atoms with van der Waals surface area (Å²) in [7, 11) is 0. The van der Waals surface area contributed by atoms with Crippen LogP contribution in [0.1, 0.15) is 44.2 Å². The summed E-state index contributed by atoms with van der Waals surface area (Å²) in [5, 5.41) is 2.63. The minimum atomic E-state index is -4.99. The summed E-state index contributed by atoms with van der Waals surface area (Å²) in [4.78, 5) is 32.6. The third-order valence-corrected chi connectivity index (χ3v) is 6.08. The quantitative estimate of drug-likeness (QED) is 0.567. The summed E-state index contributed by atoms with van der Waals surface area (Å²) >= 11 is 1.29. The van der Waals surface area contributed by atoms with E-state index in [0.717, 1.165) is 29.7 Å². The summed E-state index contributed by atoms with van der Waals surface area (Å²) in [5.41, 5.74) is -2.95. The fourth-order valence-corrected chi connectivity index (χ4v) is 4.76. The smallest absolute Gasteiger partial charge is 0.345 e. The average molecular weight is 461 g/mol. The van der Waals surface area contributed by atoms with Gasteiger partial charge in [0.05, 0.1) is 16.5 Å². The molecular weight excluding hydrogens is 448 g/mol. The number of aromatic amines is 1. The largest absolute Gasteiger partial charge is 0.416 e. The second kappa shape index (κ2) is 7.36. The number of carbonyl (C=O) groups excluding carboxylic acids is 1. The van der Waals surface area contributed by atoms with Gasteiger partial charge in [-0.1, -0.05) is 0 Å². The van der Waals surface area contributed by atoms with Gasteiger partial charge in [-0.3, -0.25) is 9.59 Å². The number of nitrogens with one attached hydrogen (secondary N) is 2. The van der Waals surface area contributed by atoms with Crippen LogP contribution < -0.4 is 10.9 Å². The number of carbonyl (C=O) groups is 1. The van der Waals surface area contributed by atoms with Gasteiger partial charge in [-0.25, -0.2) is 4.98 Å². The highest BCUT2D eigenvalue weighted by Crippen LogP contribution is 2.36. The van der Waals surface area contributed by atoms with Crippen LogP contribution in [0.5, 0.6) is 0 Å². The summed E-state index contributed by atoms with van der Waals surface area (Å²) in [5.74, 6) is -1.28. The Labute approximate surface area is 174 Å². The highest BCUT2D eigenvalue weighted by atomic mass is 32.1. The molecule has 0 fully saturated rings. The highest BCUT2D eigenvalue weighted by molar-refractivity contribution is 7.18. The topological polar surface area (TPSA) is 74.8 Å². The minimum absolute atomic E-state index is 0.00822. The molecule has 0 bridgehead atoms. The van der Waals surface area contributed by atoms with Crippen molar-refractivity contribution in [3.8, 4) is 0 Å². The first-order valence-electron chi connectivity index (χ1n) is 9.04. The third kappa shape index (κ3) is 4.16. The number of benzene rings is 1. The zero-order chi connectivity index (χ0) is 22.6. The zero-order valence-corrected chi connectivity index (χ0v) is 16.3. The molecule has 164 valence electrons. The van der Waals surface area contributed by atoms with Crippen molar-refractivity contribution in [2.75, 3.05) is 0 Å². The van der Waals surface area contributed by atoms with Gasteiger partial charge in [-0.05, 0) is 48.6 Å². The standard InChI is InChI=1S/C19H13F6N3O2S/c20-18(21,22)9-4-8(5-10(6-9)19(23,24)25)7-26-16(30)14-27-15(29)13-11-2-1-3-12(11)31-17(13)28-14/h4-6H,1-3,7H2,(H,26,30)(H,27,28,29). The van der Waals surface area contributed by atoms with Gasteiger partial charge in [0, 0.05) is 11.4 Å². The molecule has 2 aromatic heterocycles. The summed E-state index contributed by atoms with van der Waals surface area (Å²) in [6, 6.07) is 1.06. The van der Waals surface area contributed by atoms with Crippen molar-refractivity contribution < 1.29 is 31.1 Å². The Kier molecular flexibility index (Phi) is 5.07. The van der Waals surface area contributed by atoms with Crippen LogP contribution in [-0.4, -0.2) is 15.9 Å². The molecule has 12 heteroatoms. The number of hydrogen-bond acceptors (Lipinski definition) is 4. The van der Waals surface area contributed by atoms with Gasteiger partial charge in [0.15, 0.2) is 0 Å². The highest BCUT2D eigenvalue weighted by Gasteiger charge is 2.37. The second-order valence-electron chi connectivity index (χ2n) is 7.05. The number of alkyl halides is 6. The molecule has 31 heavy (non-hydrogen) atoms. The number of H-pyrrole nitrogens is 1. The molecule has 1 aliphatic rings. The Morgan fingerprint density at radius 1 is 1.06 bits per heavy atom. The maximum absolute atomic E-state index is 13.0. The van der Waals surface area contributed by atoms with Crippen molar-refractivity contribution in [1.29, 1.82) is 0 Å². The molecule has 4 rings (SSSR count). The predicted octanol–water partition coefficient (Wildman–Crippen LogP) is 4.44. The molecule has 0 saturated heterocycles. The van der Waals surface area contributed by atoms with Gasteiger partial charge >= 0.3 is 12.4 Å².